The van der Waals surface area contributed by atoms with Crippen molar-refractivity contribution >= 4 is 11.6 Å². The summed E-state index contributed by atoms with van der Waals surface area (Å²) >= 11 is 0. The number of rotatable bonds is 2. The minimum Gasteiger partial charge on any atom is -0.465 e. The van der Waals surface area contributed by atoms with Gasteiger partial charge in [-0.3, -0.25) is 0 Å². The standard InChI is InChI=1S/C9H9F3N4O/c1-5(9(10,11)12)17-7-4-2-3-6-14-8(13)15-16(6)7/h2-5H,1H3,(H2,13,15)/t5-/m0/s1. The van der Waals surface area contributed by atoms with Crippen molar-refractivity contribution in [1.82, 2.24) is 14.6 Å². The van der Waals surface area contributed by atoms with E-state index in [4.69, 9.17) is 10.5 Å². The number of fused-ring (bicyclic) bond motifs is 1. The van der Waals surface area contributed by atoms with E-state index in [1.54, 1.807) is 6.07 Å². The van der Waals surface area contributed by atoms with Crippen LogP contribution in [-0.2, 0) is 0 Å². The van der Waals surface area contributed by atoms with Crippen molar-refractivity contribution in [2.75, 3.05) is 5.73 Å². The van der Waals surface area contributed by atoms with Crippen LogP contribution in [-0.4, -0.2) is 26.9 Å². The van der Waals surface area contributed by atoms with Gasteiger partial charge in [0, 0.05) is 6.07 Å². The highest BCUT2D eigenvalue weighted by molar-refractivity contribution is 5.44. The van der Waals surface area contributed by atoms with Gasteiger partial charge in [-0.25, -0.2) is 0 Å². The predicted molar refractivity (Wildman–Crippen MR) is 53.5 cm³/mol. The number of aromatic nitrogens is 3. The summed E-state index contributed by atoms with van der Waals surface area (Å²) in [6.07, 6.45) is -6.37. The van der Waals surface area contributed by atoms with E-state index in [0.29, 0.717) is 5.65 Å². The first-order valence-electron chi connectivity index (χ1n) is 4.72. The molecule has 2 heterocycles. The number of hydrogen-bond donors (Lipinski definition) is 1. The Kier molecular flexibility index (Phi) is 2.56. The lowest BCUT2D eigenvalue weighted by Crippen LogP contribution is -2.31. The van der Waals surface area contributed by atoms with Gasteiger partial charge in [-0.1, -0.05) is 6.07 Å². The molecular formula is C9H9F3N4O. The Balaban J connectivity index is 2.36. The lowest BCUT2D eigenvalue weighted by molar-refractivity contribution is -0.190. The minimum absolute atomic E-state index is 0.0271. The monoisotopic (exact) mass is 246 g/mol. The average molecular weight is 246 g/mol. The number of pyridine rings is 1. The van der Waals surface area contributed by atoms with Crippen molar-refractivity contribution < 1.29 is 17.9 Å². The van der Waals surface area contributed by atoms with E-state index < -0.39 is 12.3 Å². The summed E-state index contributed by atoms with van der Waals surface area (Å²) in [6, 6.07) is 4.44. The van der Waals surface area contributed by atoms with Crippen LogP contribution in [0.3, 0.4) is 0 Å². The summed E-state index contributed by atoms with van der Waals surface area (Å²) in [5.41, 5.74) is 5.68. The molecule has 1 atom stereocenters. The number of alkyl halides is 3. The maximum atomic E-state index is 12.3. The Morgan fingerprint density at radius 3 is 2.76 bits per heavy atom. The van der Waals surface area contributed by atoms with Gasteiger partial charge in [-0.2, -0.15) is 22.7 Å². The molecule has 0 unspecified atom stereocenters. The van der Waals surface area contributed by atoms with Crippen LogP contribution in [0, 0.1) is 0 Å². The van der Waals surface area contributed by atoms with Gasteiger partial charge in [-0.05, 0) is 13.0 Å². The van der Waals surface area contributed by atoms with Crippen molar-refractivity contribution in [3.8, 4) is 5.88 Å². The van der Waals surface area contributed by atoms with Crippen molar-refractivity contribution in [3.63, 3.8) is 0 Å². The molecule has 92 valence electrons. The van der Waals surface area contributed by atoms with E-state index in [1.165, 1.54) is 12.1 Å². The van der Waals surface area contributed by atoms with Gasteiger partial charge in [-0.15, -0.1) is 5.10 Å². The SMILES string of the molecule is C[C@H](Oc1cccc2nc(N)nn12)C(F)(F)F. The molecule has 0 aliphatic rings. The number of anilines is 1. The molecule has 0 aromatic carbocycles. The summed E-state index contributed by atoms with van der Waals surface area (Å²) in [7, 11) is 0. The van der Waals surface area contributed by atoms with E-state index in [9.17, 15) is 13.2 Å². The third-order valence-electron chi connectivity index (χ3n) is 2.10. The Morgan fingerprint density at radius 2 is 2.12 bits per heavy atom. The van der Waals surface area contributed by atoms with Gasteiger partial charge in [0.05, 0.1) is 0 Å². The lowest BCUT2D eigenvalue weighted by Gasteiger charge is -2.17. The quantitative estimate of drug-likeness (QED) is 0.874. The van der Waals surface area contributed by atoms with E-state index in [-0.39, 0.29) is 11.8 Å². The fourth-order valence-electron chi connectivity index (χ4n) is 1.24. The largest absolute Gasteiger partial charge is 0.465 e. The van der Waals surface area contributed by atoms with Crippen molar-refractivity contribution in [2.45, 2.75) is 19.2 Å². The fourth-order valence-corrected chi connectivity index (χ4v) is 1.24. The minimum atomic E-state index is -4.44. The number of nitrogens with two attached hydrogens (primary N) is 1. The Labute approximate surface area is 94.0 Å². The molecule has 0 saturated carbocycles. The number of nitrogens with zero attached hydrogens (tertiary/aromatic N) is 3. The second-order valence-electron chi connectivity index (χ2n) is 3.41. The van der Waals surface area contributed by atoms with Crippen molar-refractivity contribution in [2.24, 2.45) is 0 Å². The molecule has 0 radical (unpaired) electrons. The maximum absolute atomic E-state index is 12.3. The number of nitrogen functional groups attached to an aromatic ring is 1. The smallest absolute Gasteiger partial charge is 0.425 e. The van der Waals surface area contributed by atoms with Gasteiger partial charge in [0.25, 0.3) is 0 Å². The Bertz CT molecular complexity index is 537. The Hall–Kier alpha value is -1.99. The molecule has 17 heavy (non-hydrogen) atoms. The van der Waals surface area contributed by atoms with Crippen LogP contribution < -0.4 is 10.5 Å². The molecule has 2 aromatic rings. The molecule has 5 nitrogen and oxygen atoms in total. The van der Waals surface area contributed by atoms with Gasteiger partial charge in [0.2, 0.25) is 11.8 Å². The van der Waals surface area contributed by atoms with E-state index in [2.05, 4.69) is 10.1 Å². The molecule has 0 spiro atoms. The van der Waals surface area contributed by atoms with Crippen molar-refractivity contribution in [1.29, 1.82) is 0 Å². The van der Waals surface area contributed by atoms with Crippen LogP contribution >= 0.6 is 0 Å². The highest BCUT2D eigenvalue weighted by Gasteiger charge is 2.38. The molecule has 0 aliphatic heterocycles. The van der Waals surface area contributed by atoms with Crippen molar-refractivity contribution in [3.05, 3.63) is 18.2 Å². The molecular weight excluding hydrogens is 237 g/mol. The normalized spacial score (nSPS) is 13.9. The maximum Gasteiger partial charge on any atom is 0.425 e. The molecule has 0 saturated heterocycles. The van der Waals surface area contributed by atoms with Crippen LogP contribution in [0.4, 0.5) is 19.1 Å². The van der Waals surface area contributed by atoms with E-state index >= 15 is 0 Å². The highest BCUT2D eigenvalue weighted by Crippen LogP contribution is 2.25. The first-order valence-corrected chi connectivity index (χ1v) is 4.72. The summed E-state index contributed by atoms with van der Waals surface area (Å²) in [5.74, 6) is -0.0859. The lowest BCUT2D eigenvalue weighted by atomic mass is 10.4. The topological polar surface area (TPSA) is 65.4 Å². The molecule has 8 heteroatoms. The van der Waals surface area contributed by atoms with E-state index in [1.807, 2.05) is 0 Å². The van der Waals surface area contributed by atoms with Crippen LogP contribution in [0.15, 0.2) is 18.2 Å². The van der Waals surface area contributed by atoms with Gasteiger partial charge in [0.1, 0.15) is 0 Å². The third kappa shape index (κ3) is 2.24. The third-order valence-corrected chi connectivity index (χ3v) is 2.10. The zero-order chi connectivity index (χ0) is 12.6. The fraction of sp³-hybridized carbons (Fsp3) is 0.333. The van der Waals surface area contributed by atoms with Crippen LogP contribution in [0.2, 0.25) is 0 Å². The highest BCUT2D eigenvalue weighted by atomic mass is 19.4. The average Bonchev–Trinajstić information content (AvgIpc) is 2.58. The second-order valence-corrected chi connectivity index (χ2v) is 3.41. The summed E-state index contributed by atoms with van der Waals surface area (Å²) in [5, 5.41) is 3.74. The molecule has 0 amide bonds. The van der Waals surface area contributed by atoms with E-state index in [0.717, 1.165) is 11.4 Å². The molecule has 2 N–H and O–H groups in total. The Morgan fingerprint density at radius 1 is 1.41 bits per heavy atom. The summed E-state index contributed by atoms with van der Waals surface area (Å²) < 4.78 is 42.9. The molecule has 2 aromatic heterocycles. The van der Waals surface area contributed by atoms with Crippen LogP contribution in [0.1, 0.15) is 6.92 Å². The molecule has 0 bridgehead atoms. The zero-order valence-electron chi connectivity index (χ0n) is 8.77. The predicted octanol–water partition coefficient (Wildman–Crippen LogP) is 1.64. The van der Waals surface area contributed by atoms with Crippen LogP contribution in [0.5, 0.6) is 5.88 Å². The zero-order valence-corrected chi connectivity index (χ0v) is 8.77. The molecule has 0 aliphatic carbocycles. The van der Waals surface area contributed by atoms with Gasteiger partial charge < -0.3 is 10.5 Å². The first-order chi connectivity index (χ1) is 7.88. The second kappa shape index (κ2) is 3.79. The van der Waals surface area contributed by atoms with Gasteiger partial charge >= 0.3 is 6.18 Å². The van der Waals surface area contributed by atoms with Crippen LogP contribution in [0.25, 0.3) is 5.65 Å². The number of halogens is 3. The first kappa shape index (κ1) is 11.5. The molecule has 2 rings (SSSR count). The summed E-state index contributed by atoms with van der Waals surface area (Å²) in [4.78, 5) is 3.81. The van der Waals surface area contributed by atoms with Gasteiger partial charge in [0.15, 0.2) is 11.8 Å². The number of ether oxygens (including phenoxy) is 1. The summed E-state index contributed by atoms with van der Waals surface area (Å²) in [6.45, 7) is 0.916. The molecule has 0 fully saturated rings. The number of hydrogen-bond acceptors (Lipinski definition) is 4.